The summed E-state index contributed by atoms with van der Waals surface area (Å²) in [7, 11) is 0. The number of nitrogens with zero attached hydrogens (tertiary/aromatic N) is 4. The first-order valence-electron chi connectivity index (χ1n) is 10.3. The molecule has 2 aromatic rings. The van der Waals surface area contributed by atoms with Crippen LogP contribution in [0.3, 0.4) is 0 Å². The van der Waals surface area contributed by atoms with E-state index in [1.807, 2.05) is 26.0 Å². The first-order valence-corrected chi connectivity index (χ1v) is 10.3. The van der Waals surface area contributed by atoms with Crippen molar-refractivity contribution >= 4 is 23.0 Å². The van der Waals surface area contributed by atoms with E-state index in [0.717, 1.165) is 18.4 Å². The molecule has 0 radical (unpaired) electrons. The van der Waals surface area contributed by atoms with E-state index < -0.39 is 0 Å². The van der Waals surface area contributed by atoms with Gasteiger partial charge in [-0.25, -0.2) is 9.48 Å². The fourth-order valence-corrected chi connectivity index (χ4v) is 3.72. The minimum atomic E-state index is -0.122. The summed E-state index contributed by atoms with van der Waals surface area (Å²) in [5, 5.41) is 14.3. The number of carbonyl (C=O) groups is 2. The van der Waals surface area contributed by atoms with E-state index in [0.29, 0.717) is 43.3 Å². The van der Waals surface area contributed by atoms with Crippen LogP contribution in [0, 0.1) is 0 Å². The SMILES string of the molecule is CCN(CC)C(=O)c1ccc2c(c1)nnn2CCNC(=O)NC1CCCCC1. The minimum Gasteiger partial charge on any atom is -0.339 e. The topological polar surface area (TPSA) is 92.2 Å². The van der Waals surface area contributed by atoms with Crippen LogP contribution >= 0.6 is 0 Å². The number of benzene rings is 1. The third-order valence-electron chi connectivity index (χ3n) is 5.36. The summed E-state index contributed by atoms with van der Waals surface area (Å²) in [5.41, 5.74) is 2.16. The number of hydrogen-bond donors (Lipinski definition) is 2. The van der Waals surface area contributed by atoms with Gasteiger partial charge in [0.2, 0.25) is 0 Å². The average Bonchev–Trinajstić information content (AvgIpc) is 3.12. The number of carbonyl (C=O) groups excluding carboxylic acids is 2. The zero-order valence-electron chi connectivity index (χ0n) is 16.8. The first kappa shape index (κ1) is 20.1. The van der Waals surface area contributed by atoms with Crippen LogP contribution in [0.2, 0.25) is 0 Å². The van der Waals surface area contributed by atoms with Gasteiger partial charge in [0.25, 0.3) is 5.91 Å². The first-order chi connectivity index (χ1) is 13.6. The van der Waals surface area contributed by atoms with Gasteiger partial charge in [-0.3, -0.25) is 4.79 Å². The number of fused-ring (bicyclic) bond motifs is 1. The second-order valence-corrected chi connectivity index (χ2v) is 7.23. The lowest BCUT2D eigenvalue weighted by Gasteiger charge is -2.22. The van der Waals surface area contributed by atoms with Crippen LogP contribution in [-0.4, -0.2) is 57.5 Å². The molecule has 1 heterocycles. The molecule has 0 spiro atoms. The van der Waals surface area contributed by atoms with Gasteiger partial charge in [0, 0.05) is 31.2 Å². The van der Waals surface area contributed by atoms with Crippen LogP contribution in [-0.2, 0) is 6.54 Å². The maximum absolute atomic E-state index is 12.5. The summed E-state index contributed by atoms with van der Waals surface area (Å²) in [5.74, 6) is 0.00232. The molecule has 1 saturated carbocycles. The Bertz CT molecular complexity index is 808. The summed E-state index contributed by atoms with van der Waals surface area (Å²) in [6, 6.07) is 5.63. The molecule has 1 fully saturated rings. The van der Waals surface area contributed by atoms with E-state index >= 15 is 0 Å². The van der Waals surface area contributed by atoms with E-state index in [9.17, 15) is 9.59 Å². The zero-order chi connectivity index (χ0) is 19.9. The van der Waals surface area contributed by atoms with Crippen molar-refractivity contribution < 1.29 is 9.59 Å². The normalized spacial score (nSPS) is 14.8. The van der Waals surface area contributed by atoms with Crippen LogP contribution in [0.4, 0.5) is 4.79 Å². The lowest BCUT2D eigenvalue weighted by atomic mass is 9.96. The van der Waals surface area contributed by atoms with Crippen molar-refractivity contribution in [2.75, 3.05) is 19.6 Å². The summed E-state index contributed by atoms with van der Waals surface area (Å²) >= 11 is 0. The molecule has 28 heavy (non-hydrogen) atoms. The van der Waals surface area contributed by atoms with E-state index in [4.69, 9.17) is 0 Å². The fraction of sp³-hybridized carbons (Fsp3) is 0.600. The number of aromatic nitrogens is 3. The maximum atomic E-state index is 12.5. The van der Waals surface area contributed by atoms with Crippen molar-refractivity contribution in [2.45, 2.75) is 58.5 Å². The van der Waals surface area contributed by atoms with Crippen molar-refractivity contribution in [2.24, 2.45) is 0 Å². The lowest BCUT2D eigenvalue weighted by molar-refractivity contribution is 0.0773. The molecule has 1 aromatic heterocycles. The number of urea groups is 1. The second kappa shape index (κ2) is 9.52. The summed E-state index contributed by atoms with van der Waals surface area (Å²) in [4.78, 5) is 26.3. The van der Waals surface area contributed by atoms with Crippen LogP contribution < -0.4 is 10.6 Å². The monoisotopic (exact) mass is 386 g/mol. The van der Waals surface area contributed by atoms with Crippen LogP contribution in [0.15, 0.2) is 18.2 Å². The lowest BCUT2D eigenvalue weighted by Crippen LogP contribution is -2.43. The van der Waals surface area contributed by atoms with Crippen molar-refractivity contribution in [3.63, 3.8) is 0 Å². The van der Waals surface area contributed by atoms with Crippen molar-refractivity contribution in [3.8, 4) is 0 Å². The van der Waals surface area contributed by atoms with E-state index in [1.54, 1.807) is 15.6 Å². The predicted octanol–water partition coefficient (Wildman–Crippen LogP) is 2.55. The highest BCUT2D eigenvalue weighted by molar-refractivity contribution is 5.97. The minimum absolute atomic E-state index is 0.00232. The predicted molar refractivity (Wildman–Crippen MR) is 108 cm³/mol. The molecule has 152 valence electrons. The van der Waals surface area contributed by atoms with Gasteiger partial charge in [0.15, 0.2) is 0 Å². The van der Waals surface area contributed by atoms with Crippen LogP contribution in [0.5, 0.6) is 0 Å². The quantitative estimate of drug-likeness (QED) is 0.765. The molecule has 0 saturated heterocycles. The zero-order valence-corrected chi connectivity index (χ0v) is 16.8. The molecule has 1 aromatic carbocycles. The molecule has 3 rings (SSSR count). The second-order valence-electron chi connectivity index (χ2n) is 7.23. The number of amides is 3. The maximum Gasteiger partial charge on any atom is 0.315 e. The van der Waals surface area contributed by atoms with Gasteiger partial charge in [-0.15, -0.1) is 5.10 Å². The molecule has 8 nitrogen and oxygen atoms in total. The summed E-state index contributed by atoms with van der Waals surface area (Å²) < 4.78 is 1.75. The van der Waals surface area contributed by atoms with Gasteiger partial charge < -0.3 is 15.5 Å². The molecule has 0 unspecified atom stereocenters. The highest BCUT2D eigenvalue weighted by Crippen LogP contribution is 2.17. The molecule has 0 atom stereocenters. The number of hydrogen-bond acceptors (Lipinski definition) is 4. The Morgan fingerprint density at radius 1 is 1.18 bits per heavy atom. The van der Waals surface area contributed by atoms with Gasteiger partial charge >= 0.3 is 6.03 Å². The van der Waals surface area contributed by atoms with Gasteiger partial charge in [-0.1, -0.05) is 24.5 Å². The summed E-state index contributed by atoms with van der Waals surface area (Å²) in [6.45, 7) is 6.28. The third-order valence-corrected chi connectivity index (χ3v) is 5.36. The Morgan fingerprint density at radius 2 is 1.93 bits per heavy atom. The van der Waals surface area contributed by atoms with Crippen LogP contribution in [0.1, 0.15) is 56.3 Å². The molecule has 0 aliphatic heterocycles. The van der Waals surface area contributed by atoms with Crippen molar-refractivity contribution in [1.29, 1.82) is 0 Å². The Balaban J connectivity index is 1.55. The number of nitrogens with one attached hydrogen (secondary N) is 2. The fourth-order valence-electron chi connectivity index (χ4n) is 3.72. The molecule has 1 aliphatic rings. The third kappa shape index (κ3) is 4.79. The Morgan fingerprint density at radius 3 is 2.64 bits per heavy atom. The van der Waals surface area contributed by atoms with E-state index in [1.165, 1.54) is 19.3 Å². The highest BCUT2D eigenvalue weighted by Gasteiger charge is 2.16. The van der Waals surface area contributed by atoms with Gasteiger partial charge in [0.05, 0.1) is 12.1 Å². The van der Waals surface area contributed by atoms with Gasteiger partial charge in [0.1, 0.15) is 5.52 Å². The van der Waals surface area contributed by atoms with Crippen LogP contribution in [0.25, 0.3) is 11.0 Å². The summed E-state index contributed by atoms with van der Waals surface area (Å²) in [6.07, 6.45) is 5.77. The van der Waals surface area contributed by atoms with Gasteiger partial charge in [-0.05, 0) is 44.9 Å². The molecule has 8 heteroatoms. The smallest absolute Gasteiger partial charge is 0.315 e. The highest BCUT2D eigenvalue weighted by atomic mass is 16.2. The van der Waals surface area contributed by atoms with Crippen molar-refractivity contribution in [1.82, 2.24) is 30.5 Å². The largest absolute Gasteiger partial charge is 0.339 e. The molecular weight excluding hydrogens is 356 g/mol. The standard InChI is InChI=1S/C20H30N6O2/c1-3-25(4-2)19(27)15-10-11-18-17(14-15)23-24-26(18)13-12-21-20(28)22-16-8-6-5-7-9-16/h10-11,14,16H,3-9,12-13H2,1-2H3,(H2,21,22,28). The molecule has 1 aliphatic carbocycles. The van der Waals surface area contributed by atoms with Gasteiger partial charge in [-0.2, -0.15) is 0 Å². The molecule has 0 bridgehead atoms. The Kier molecular flexibility index (Phi) is 6.84. The van der Waals surface area contributed by atoms with E-state index in [2.05, 4.69) is 20.9 Å². The van der Waals surface area contributed by atoms with Crippen molar-refractivity contribution in [3.05, 3.63) is 23.8 Å². The molecule has 3 amide bonds. The molecular formula is C20H30N6O2. The average molecular weight is 387 g/mol. The molecule has 2 N–H and O–H groups in total. The van der Waals surface area contributed by atoms with E-state index in [-0.39, 0.29) is 11.9 Å². The Labute approximate surface area is 165 Å². The Hall–Kier alpha value is -2.64. The number of rotatable bonds is 7.